The largest absolute Gasteiger partial charge is 0.351 e. The van der Waals surface area contributed by atoms with E-state index in [0.29, 0.717) is 5.69 Å². The van der Waals surface area contributed by atoms with Gasteiger partial charge in [-0.15, -0.1) is 0 Å². The Kier molecular flexibility index (Phi) is 3.51. The van der Waals surface area contributed by atoms with Crippen LogP contribution in [0.3, 0.4) is 0 Å². The summed E-state index contributed by atoms with van der Waals surface area (Å²) < 4.78 is 0. The van der Waals surface area contributed by atoms with Gasteiger partial charge in [-0.3, -0.25) is 4.79 Å². The molecule has 4 heteroatoms. The Labute approximate surface area is 117 Å². The molecule has 0 atom stereocenters. The van der Waals surface area contributed by atoms with Crippen LogP contribution in [0.4, 0.5) is 0 Å². The maximum absolute atomic E-state index is 12.5. The number of carbonyl (C=O) groups is 1. The average molecular weight is 274 g/mol. The molecule has 1 aromatic carbocycles. The van der Waals surface area contributed by atoms with Crippen molar-refractivity contribution in [2.24, 2.45) is 0 Å². The number of nitrogens with zero attached hydrogens (tertiary/aromatic N) is 1. The molecular formula is C15H18N2OS. The monoisotopic (exact) mass is 274 g/mol. The van der Waals surface area contributed by atoms with Gasteiger partial charge >= 0.3 is 0 Å². The van der Waals surface area contributed by atoms with E-state index in [2.05, 4.69) is 30.1 Å². The summed E-state index contributed by atoms with van der Waals surface area (Å²) in [5.74, 6) is 2.34. The van der Waals surface area contributed by atoms with Gasteiger partial charge in [-0.25, -0.2) is 0 Å². The number of amides is 1. The second-order valence-corrected chi connectivity index (χ2v) is 6.26. The number of aromatic amines is 1. The van der Waals surface area contributed by atoms with E-state index in [-0.39, 0.29) is 5.91 Å². The van der Waals surface area contributed by atoms with Gasteiger partial charge in [0.25, 0.3) is 5.91 Å². The number of aromatic nitrogens is 1. The minimum absolute atomic E-state index is 0.136. The molecule has 0 unspecified atom stereocenters. The first-order valence-electron chi connectivity index (χ1n) is 6.70. The fourth-order valence-electron chi connectivity index (χ4n) is 2.48. The van der Waals surface area contributed by atoms with E-state index in [1.807, 2.05) is 22.7 Å². The Balaban J connectivity index is 1.88. The van der Waals surface area contributed by atoms with Crippen LogP contribution in [0.1, 0.15) is 22.5 Å². The SMILES string of the molecule is Cc1ccc2cc(C(=O)N3CCCSCC3)[nH]c2c1. The zero-order valence-electron chi connectivity index (χ0n) is 11.1. The summed E-state index contributed by atoms with van der Waals surface area (Å²) in [6.45, 7) is 3.80. The van der Waals surface area contributed by atoms with E-state index in [9.17, 15) is 4.79 Å². The maximum Gasteiger partial charge on any atom is 0.270 e. The third-order valence-electron chi connectivity index (χ3n) is 3.52. The molecule has 2 heterocycles. The number of aryl methyl sites for hydroxylation is 1. The highest BCUT2D eigenvalue weighted by Gasteiger charge is 2.19. The molecule has 1 fully saturated rings. The van der Waals surface area contributed by atoms with E-state index >= 15 is 0 Å². The summed E-state index contributed by atoms with van der Waals surface area (Å²) >= 11 is 1.93. The van der Waals surface area contributed by atoms with Crippen molar-refractivity contribution in [3.8, 4) is 0 Å². The lowest BCUT2D eigenvalue weighted by atomic mass is 10.2. The molecule has 3 nitrogen and oxygen atoms in total. The Bertz CT molecular complexity index is 597. The predicted octanol–water partition coefficient (Wildman–Crippen LogP) is 3.06. The summed E-state index contributed by atoms with van der Waals surface area (Å²) in [7, 11) is 0. The van der Waals surface area contributed by atoms with Crippen LogP contribution >= 0.6 is 11.8 Å². The Morgan fingerprint density at radius 1 is 1.26 bits per heavy atom. The molecule has 1 aliphatic heterocycles. The van der Waals surface area contributed by atoms with E-state index < -0.39 is 0 Å². The number of hydrogen-bond acceptors (Lipinski definition) is 2. The predicted molar refractivity (Wildman–Crippen MR) is 80.9 cm³/mol. The summed E-state index contributed by atoms with van der Waals surface area (Å²) in [5.41, 5.74) is 2.97. The van der Waals surface area contributed by atoms with Crippen molar-refractivity contribution in [3.63, 3.8) is 0 Å². The van der Waals surface area contributed by atoms with Crippen molar-refractivity contribution in [2.75, 3.05) is 24.6 Å². The van der Waals surface area contributed by atoms with Gasteiger partial charge in [-0.1, -0.05) is 12.1 Å². The number of H-pyrrole nitrogens is 1. The van der Waals surface area contributed by atoms with E-state index in [1.54, 1.807) is 0 Å². The highest BCUT2D eigenvalue weighted by atomic mass is 32.2. The Morgan fingerprint density at radius 2 is 2.16 bits per heavy atom. The van der Waals surface area contributed by atoms with E-state index in [4.69, 9.17) is 0 Å². The van der Waals surface area contributed by atoms with Gasteiger partial charge in [0.15, 0.2) is 0 Å². The molecule has 0 aliphatic carbocycles. The fraction of sp³-hybridized carbons (Fsp3) is 0.400. The molecule has 1 amide bonds. The third kappa shape index (κ3) is 2.63. The lowest BCUT2D eigenvalue weighted by Gasteiger charge is -2.18. The van der Waals surface area contributed by atoms with Gasteiger partial charge in [-0.2, -0.15) is 11.8 Å². The molecule has 0 spiro atoms. The number of thioether (sulfide) groups is 1. The van der Waals surface area contributed by atoms with Gasteiger partial charge in [0.05, 0.1) is 0 Å². The van der Waals surface area contributed by atoms with Crippen LogP contribution in [-0.4, -0.2) is 40.4 Å². The van der Waals surface area contributed by atoms with Crippen LogP contribution in [0.15, 0.2) is 24.3 Å². The van der Waals surface area contributed by atoms with Crippen molar-refractivity contribution in [2.45, 2.75) is 13.3 Å². The van der Waals surface area contributed by atoms with Gasteiger partial charge in [0.2, 0.25) is 0 Å². The zero-order chi connectivity index (χ0) is 13.2. The second-order valence-electron chi connectivity index (χ2n) is 5.03. The number of fused-ring (bicyclic) bond motifs is 1. The van der Waals surface area contributed by atoms with E-state index in [0.717, 1.165) is 41.9 Å². The molecule has 1 aliphatic rings. The van der Waals surface area contributed by atoms with Crippen LogP contribution in [0, 0.1) is 6.92 Å². The standard InChI is InChI=1S/C15H18N2OS/c1-11-3-4-12-10-14(16-13(12)9-11)15(18)17-5-2-7-19-8-6-17/h3-4,9-10,16H,2,5-8H2,1H3. The highest BCUT2D eigenvalue weighted by Crippen LogP contribution is 2.19. The normalized spacial score (nSPS) is 16.6. The molecular weight excluding hydrogens is 256 g/mol. The van der Waals surface area contributed by atoms with Gasteiger partial charge in [0, 0.05) is 29.7 Å². The number of benzene rings is 1. The van der Waals surface area contributed by atoms with E-state index in [1.165, 1.54) is 5.56 Å². The third-order valence-corrected chi connectivity index (χ3v) is 4.57. The first-order valence-corrected chi connectivity index (χ1v) is 7.86. The first-order chi connectivity index (χ1) is 9.24. The van der Waals surface area contributed by atoms with Gasteiger partial charge < -0.3 is 9.88 Å². The first kappa shape index (κ1) is 12.6. The zero-order valence-corrected chi connectivity index (χ0v) is 11.9. The summed E-state index contributed by atoms with van der Waals surface area (Å²) in [4.78, 5) is 17.7. The number of hydrogen-bond donors (Lipinski definition) is 1. The smallest absolute Gasteiger partial charge is 0.270 e. The summed E-state index contributed by atoms with van der Waals surface area (Å²) in [5, 5.41) is 1.11. The number of nitrogens with one attached hydrogen (secondary N) is 1. The van der Waals surface area contributed by atoms with Crippen molar-refractivity contribution in [3.05, 3.63) is 35.5 Å². The number of rotatable bonds is 1. The van der Waals surface area contributed by atoms with Crippen LogP contribution in [0.2, 0.25) is 0 Å². The number of carbonyl (C=O) groups excluding carboxylic acids is 1. The topological polar surface area (TPSA) is 36.1 Å². The molecule has 0 bridgehead atoms. The lowest BCUT2D eigenvalue weighted by molar-refractivity contribution is 0.0763. The molecule has 0 radical (unpaired) electrons. The van der Waals surface area contributed by atoms with Crippen LogP contribution < -0.4 is 0 Å². The summed E-state index contributed by atoms with van der Waals surface area (Å²) in [6.07, 6.45) is 1.09. The maximum atomic E-state index is 12.5. The molecule has 19 heavy (non-hydrogen) atoms. The van der Waals surface area contributed by atoms with Crippen LogP contribution in [-0.2, 0) is 0 Å². The molecule has 1 aromatic heterocycles. The lowest BCUT2D eigenvalue weighted by Crippen LogP contribution is -2.33. The van der Waals surface area contributed by atoms with Crippen molar-refractivity contribution >= 4 is 28.6 Å². The average Bonchev–Trinajstić information content (AvgIpc) is 2.64. The molecule has 100 valence electrons. The minimum Gasteiger partial charge on any atom is -0.351 e. The quantitative estimate of drug-likeness (QED) is 0.867. The van der Waals surface area contributed by atoms with Crippen molar-refractivity contribution in [1.82, 2.24) is 9.88 Å². The van der Waals surface area contributed by atoms with Gasteiger partial charge in [-0.05, 0) is 36.8 Å². The Hall–Kier alpha value is -1.42. The van der Waals surface area contributed by atoms with Crippen molar-refractivity contribution < 1.29 is 4.79 Å². The second kappa shape index (κ2) is 5.29. The molecule has 3 rings (SSSR count). The molecule has 2 aromatic rings. The van der Waals surface area contributed by atoms with Crippen LogP contribution in [0.25, 0.3) is 10.9 Å². The van der Waals surface area contributed by atoms with Crippen molar-refractivity contribution in [1.29, 1.82) is 0 Å². The van der Waals surface area contributed by atoms with Gasteiger partial charge in [0.1, 0.15) is 5.69 Å². The molecule has 1 N–H and O–H groups in total. The minimum atomic E-state index is 0.136. The fourth-order valence-corrected chi connectivity index (χ4v) is 3.36. The molecule has 0 saturated carbocycles. The molecule has 1 saturated heterocycles. The highest BCUT2D eigenvalue weighted by molar-refractivity contribution is 7.99. The van der Waals surface area contributed by atoms with Crippen LogP contribution in [0.5, 0.6) is 0 Å². The summed E-state index contributed by atoms with van der Waals surface area (Å²) in [6, 6.07) is 8.20. The Morgan fingerprint density at radius 3 is 3.05 bits per heavy atom.